The molecule has 0 radical (unpaired) electrons. The molecule has 0 bridgehead atoms. The summed E-state index contributed by atoms with van der Waals surface area (Å²) < 4.78 is 11.2. The van der Waals surface area contributed by atoms with Crippen molar-refractivity contribution < 1.29 is 33.4 Å². The molecule has 5 amide bonds. The fourth-order valence-electron chi connectivity index (χ4n) is 6.34. The molecule has 4 aromatic rings. The number of hydrogen-bond acceptors (Lipinski definition) is 8. The first kappa shape index (κ1) is 41.9. The van der Waals surface area contributed by atoms with Crippen molar-refractivity contribution in [2.75, 3.05) is 17.2 Å². The van der Waals surface area contributed by atoms with Crippen molar-refractivity contribution >= 4 is 41.1 Å². The molecule has 57 heavy (non-hydrogen) atoms. The average Bonchev–Trinajstić information content (AvgIpc) is 3.50. The molecule has 5 rings (SSSR count). The summed E-state index contributed by atoms with van der Waals surface area (Å²) in [6, 6.07) is 29.9. The van der Waals surface area contributed by atoms with E-state index in [9.17, 15) is 24.0 Å². The molecule has 300 valence electrons. The Morgan fingerprint density at radius 2 is 1.40 bits per heavy atom. The van der Waals surface area contributed by atoms with E-state index >= 15 is 0 Å². The van der Waals surface area contributed by atoms with Crippen molar-refractivity contribution in [1.29, 1.82) is 0 Å². The number of carbonyl (C=O) groups excluding carboxylic acids is 5. The molecule has 1 aliphatic heterocycles. The van der Waals surface area contributed by atoms with E-state index in [1.165, 1.54) is 0 Å². The van der Waals surface area contributed by atoms with E-state index in [2.05, 4.69) is 26.6 Å². The number of nitrogens with one attached hydrogen (secondary N) is 5. The summed E-state index contributed by atoms with van der Waals surface area (Å²) >= 11 is 0. The molecular formula is C44H52N6O7. The molecular weight excluding hydrogens is 725 g/mol. The van der Waals surface area contributed by atoms with Crippen molar-refractivity contribution in [3.8, 4) is 5.75 Å². The predicted octanol–water partition coefficient (Wildman–Crippen LogP) is 5.56. The lowest BCUT2D eigenvalue weighted by atomic mass is 9.92. The van der Waals surface area contributed by atoms with E-state index in [1.54, 1.807) is 57.2 Å². The van der Waals surface area contributed by atoms with Gasteiger partial charge in [-0.3, -0.25) is 19.2 Å². The first-order valence-electron chi connectivity index (χ1n) is 19.2. The van der Waals surface area contributed by atoms with Crippen LogP contribution in [0, 0.1) is 0 Å². The second-order valence-corrected chi connectivity index (χ2v) is 15.0. The van der Waals surface area contributed by atoms with Crippen LogP contribution in [0.5, 0.6) is 5.75 Å². The number of fused-ring (bicyclic) bond motifs is 1. The molecule has 0 saturated carbocycles. The highest BCUT2D eigenvalue weighted by atomic mass is 16.6. The van der Waals surface area contributed by atoms with Gasteiger partial charge < -0.3 is 41.8 Å². The number of anilines is 2. The maximum Gasteiger partial charge on any atom is 0.407 e. The number of nitrogens with two attached hydrogens (primary N) is 1. The highest BCUT2D eigenvalue weighted by Gasteiger charge is 2.36. The summed E-state index contributed by atoms with van der Waals surface area (Å²) in [7, 11) is 0. The monoisotopic (exact) mass is 776 g/mol. The average molecular weight is 777 g/mol. The molecule has 13 nitrogen and oxygen atoms in total. The number of carbonyl (C=O) groups is 5. The van der Waals surface area contributed by atoms with Crippen LogP contribution < -0.4 is 37.1 Å². The molecule has 13 heteroatoms. The molecule has 0 aliphatic carbocycles. The van der Waals surface area contributed by atoms with Gasteiger partial charge in [-0.2, -0.15) is 0 Å². The van der Waals surface area contributed by atoms with Crippen LogP contribution >= 0.6 is 0 Å². The van der Waals surface area contributed by atoms with Crippen molar-refractivity contribution in [3.63, 3.8) is 0 Å². The fraction of sp³-hybridized carbons (Fsp3) is 0.341. The Morgan fingerprint density at radius 1 is 0.754 bits per heavy atom. The van der Waals surface area contributed by atoms with E-state index < -0.39 is 53.5 Å². The molecule has 0 aromatic heterocycles. The highest BCUT2D eigenvalue weighted by Crippen LogP contribution is 2.35. The number of benzene rings is 4. The third kappa shape index (κ3) is 13.2. The topological polar surface area (TPSA) is 190 Å². The van der Waals surface area contributed by atoms with Crippen molar-refractivity contribution in [2.45, 2.75) is 89.1 Å². The maximum absolute atomic E-state index is 14.1. The zero-order valence-corrected chi connectivity index (χ0v) is 32.6. The van der Waals surface area contributed by atoms with E-state index in [0.717, 1.165) is 16.7 Å². The van der Waals surface area contributed by atoms with Crippen LogP contribution in [-0.2, 0) is 36.9 Å². The van der Waals surface area contributed by atoms with Gasteiger partial charge in [0.05, 0.1) is 12.0 Å². The number of amides is 5. The van der Waals surface area contributed by atoms with E-state index in [4.69, 9.17) is 15.2 Å². The lowest BCUT2D eigenvalue weighted by Gasteiger charge is -2.25. The van der Waals surface area contributed by atoms with Gasteiger partial charge in [0.2, 0.25) is 23.6 Å². The standard InChI is InChI=1S/C44H52N6O7/c1-44(2,3)57-43(55)46-25-13-12-20-37(49-40(52)35(45)26-29-21-23-32(24-22-29)56-28-30-14-6-4-7-15-30)41(53)50-38(42(54)47-31-16-8-5-9-17-31)27-34-33-18-10-11-19-36(33)48-39(34)51/h4-11,14-19,21-24,34-35,37-38H,12-13,20,25-28,45H2,1-3H3,(H,46,55)(H,47,54)(H,48,51)(H,49,52)(H,50,53)/t34?,35-,37-,38-/m0/s1. The van der Waals surface area contributed by atoms with Gasteiger partial charge >= 0.3 is 6.09 Å². The molecule has 4 atom stereocenters. The Balaban J connectivity index is 1.26. The Morgan fingerprint density at radius 3 is 2.11 bits per heavy atom. The van der Waals surface area contributed by atoms with Crippen LogP contribution in [0.3, 0.4) is 0 Å². The molecule has 0 fully saturated rings. The minimum atomic E-state index is -1.15. The van der Waals surface area contributed by atoms with Crippen LogP contribution in [-0.4, -0.2) is 60.0 Å². The second kappa shape index (κ2) is 20.1. The van der Waals surface area contributed by atoms with Gasteiger partial charge in [0.1, 0.15) is 30.0 Å². The Labute approximate surface area is 333 Å². The Kier molecular flexibility index (Phi) is 14.8. The van der Waals surface area contributed by atoms with Crippen LogP contribution in [0.15, 0.2) is 109 Å². The van der Waals surface area contributed by atoms with Gasteiger partial charge in [-0.05, 0) is 99.9 Å². The third-order valence-corrected chi connectivity index (χ3v) is 9.24. The van der Waals surface area contributed by atoms with Crippen LogP contribution in [0.2, 0.25) is 0 Å². The van der Waals surface area contributed by atoms with E-state index in [1.807, 2.05) is 72.8 Å². The third-order valence-electron chi connectivity index (χ3n) is 9.24. The van der Waals surface area contributed by atoms with E-state index in [-0.39, 0.29) is 31.7 Å². The summed E-state index contributed by atoms with van der Waals surface area (Å²) in [5.41, 5.74) is 9.46. The van der Waals surface area contributed by atoms with Gasteiger partial charge in [0.15, 0.2) is 0 Å². The molecule has 1 heterocycles. The smallest absolute Gasteiger partial charge is 0.407 e. The summed E-state index contributed by atoms with van der Waals surface area (Å²) in [5.74, 6) is -2.01. The SMILES string of the molecule is CC(C)(C)OC(=O)NCCCC[C@H](NC(=O)[C@@H](N)Cc1ccc(OCc2ccccc2)cc1)C(=O)N[C@@H](CC1C(=O)Nc2ccccc21)C(=O)Nc1ccccc1. The van der Waals surface area contributed by atoms with Crippen LogP contribution in [0.25, 0.3) is 0 Å². The van der Waals surface area contributed by atoms with Crippen molar-refractivity contribution in [3.05, 3.63) is 126 Å². The lowest BCUT2D eigenvalue weighted by Crippen LogP contribution is -2.55. The van der Waals surface area contributed by atoms with Gasteiger partial charge in [0.25, 0.3) is 0 Å². The molecule has 1 aliphatic rings. The lowest BCUT2D eigenvalue weighted by molar-refractivity contribution is -0.131. The number of alkyl carbamates (subject to hydrolysis) is 1. The number of para-hydroxylation sites is 2. The van der Waals surface area contributed by atoms with Gasteiger partial charge in [-0.25, -0.2) is 4.79 Å². The minimum absolute atomic E-state index is 0.0295. The first-order chi connectivity index (χ1) is 27.3. The zero-order valence-electron chi connectivity index (χ0n) is 32.6. The molecule has 4 aromatic carbocycles. The highest BCUT2D eigenvalue weighted by molar-refractivity contribution is 6.04. The molecule has 1 unspecified atom stereocenters. The molecule has 0 spiro atoms. The first-order valence-corrected chi connectivity index (χ1v) is 19.2. The number of unbranched alkanes of at least 4 members (excludes halogenated alkanes) is 1. The number of rotatable bonds is 18. The summed E-state index contributed by atoms with van der Waals surface area (Å²) in [6.45, 7) is 6.00. The zero-order chi connectivity index (χ0) is 40.8. The maximum atomic E-state index is 14.1. The Hall–Kier alpha value is -6.21. The quantitative estimate of drug-likeness (QED) is 0.0708. The molecule has 0 saturated heterocycles. The summed E-state index contributed by atoms with van der Waals surface area (Å²) in [4.78, 5) is 66.7. The largest absolute Gasteiger partial charge is 0.489 e. The number of ether oxygens (including phenoxy) is 2. The van der Waals surface area contributed by atoms with Gasteiger partial charge in [-0.1, -0.05) is 78.9 Å². The second-order valence-electron chi connectivity index (χ2n) is 15.0. The summed E-state index contributed by atoms with van der Waals surface area (Å²) in [5, 5.41) is 14.0. The number of hydrogen-bond donors (Lipinski definition) is 6. The minimum Gasteiger partial charge on any atom is -0.489 e. The van der Waals surface area contributed by atoms with Crippen molar-refractivity contribution in [1.82, 2.24) is 16.0 Å². The fourth-order valence-corrected chi connectivity index (χ4v) is 6.34. The van der Waals surface area contributed by atoms with Gasteiger partial charge in [-0.15, -0.1) is 0 Å². The normalized spacial score (nSPS) is 14.9. The predicted molar refractivity (Wildman–Crippen MR) is 218 cm³/mol. The van der Waals surface area contributed by atoms with E-state index in [0.29, 0.717) is 36.6 Å². The Bertz CT molecular complexity index is 1970. The van der Waals surface area contributed by atoms with Gasteiger partial charge in [0, 0.05) is 17.9 Å². The van der Waals surface area contributed by atoms with Crippen molar-refractivity contribution in [2.24, 2.45) is 5.73 Å². The molecule has 7 N–H and O–H groups in total. The summed E-state index contributed by atoms with van der Waals surface area (Å²) in [6.07, 6.45) is 0.674. The van der Waals surface area contributed by atoms with Crippen LogP contribution in [0.4, 0.5) is 16.2 Å². The van der Waals surface area contributed by atoms with Crippen LogP contribution in [0.1, 0.15) is 69.1 Å².